The third-order valence-corrected chi connectivity index (χ3v) is 3.62. The third-order valence-electron chi connectivity index (χ3n) is 3.62. The maximum absolute atomic E-state index is 4.59. The normalized spacial score (nSPS) is 13.4. The second-order valence-corrected chi connectivity index (χ2v) is 4.97. The van der Waals surface area contributed by atoms with Crippen molar-refractivity contribution in [1.29, 1.82) is 0 Å². The quantitative estimate of drug-likeness (QED) is 0.718. The van der Waals surface area contributed by atoms with Gasteiger partial charge in [-0.15, -0.1) is 10.2 Å². The first kappa shape index (κ1) is 12.0. The number of hydrogen-bond donors (Lipinski definition) is 0. The zero-order valence-corrected chi connectivity index (χ0v) is 11.6. The maximum Gasteiger partial charge on any atom is 0.182 e. The Kier molecular flexibility index (Phi) is 2.67. The molecule has 21 heavy (non-hydrogen) atoms. The Labute approximate surface area is 121 Å². The lowest BCUT2D eigenvalue weighted by Gasteiger charge is -2.09. The Morgan fingerprint density at radius 1 is 1.10 bits per heavy atom. The predicted molar refractivity (Wildman–Crippen MR) is 80.1 cm³/mol. The highest BCUT2D eigenvalue weighted by Crippen LogP contribution is 2.25. The molecule has 0 saturated heterocycles. The van der Waals surface area contributed by atoms with Gasteiger partial charge >= 0.3 is 0 Å². The molecule has 0 unspecified atom stereocenters. The molecule has 0 bridgehead atoms. The monoisotopic (exact) mass is 278 g/mol. The molecular weight excluding hydrogens is 264 g/mol. The molecule has 104 valence electrons. The summed E-state index contributed by atoms with van der Waals surface area (Å²) in [6.07, 6.45) is 1.77. The number of hydrogen-bond acceptors (Lipinski definition) is 4. The molecule has 0 N–H and O–H groups in total. The lowest BCUT2D eigenvalue weighted by molar-refractivity contribution is 0.682. The molecule has 1 aliphatic heterocycles. The van der Waals surface area contributed by atoms with E-state index >= 15 is 0 Å². The Balaban J connectivity index is 1.82. The van der Waals surface area contributed by atoms with Gasteiger partial charge in [-0.25, -0.2) is 0 Å². The Bertz CT molecular complexity index is 812. The molecule has 0 fully saturated rings. The smallest absolute Gasteiger partial charge is 0.182 e. The number of aliphatic imine (C=N–C) groups is 1. The molecule has 0 aliphatic carbocycles. The van der Waals surface area contributed by atoms with Gasteiger partial charge in [-0.1, -0.05) is 30.3 Å². The van der Waals surface area contributed by atoms with Crippen LogP contribution in [0.3, 0.4) is 0 Å². The molecule has 0 amide bonds. The van der Waals surface area contributed by atoms with E-state index in [1.807, 2.05) is 29.9 Å². The van der Waals surface area contributed by atoms with Crippen LogP contribution in [0.15, 0.2) is 41.4 Å². The first-order valence-electron chi connectivity index (χ1n) is 6.86. The fourth-order valence-electron chi connectivity index (χ4n) is 2.55. The summed E-state index contributed by atoms with van der Waals surface area (Å²) in [6.45, 7) is 1.57. The van der Waals surface area contributed by atoms with Gasteiger partial charge in [0.05, 0.1) is 18.5 Å². The average molecular weight is 278 g/mol. The van der Waals surface area contributed by atoms with Crippen molar-refractivity contribution < 1.29 is 0 Å². The molecule has 4 rings (SSSR count). The van der Waals surface area contributed by atoms with Crippen molar-refractivity contribution in [2.24, 2.45) is 12.0 Å². The molecule has 6 nitrogen and oxygen atoms in total. The van der Waals surface area contributed by atoms with E-state index in [0.717, 1.165) is 41.7 Å². The maximum atomic E-state index is 4.59. The van der Waals surface area contributed by atoms with Gasteiger partial charge < -0.3 is 4.57 Å². The summed E-state index contributed by atoms with van der Waals surface area (Å²) in [5.41, 5.74) is 3.00. The SMILES string of the molecule is Cn1nc(-c2ccccc2)cc1-c1nnc2n1CCN=C2. The molecule has 0 spiro atoms. The summed E-state index contributed by atoms with van der Waals surface area (Å²) in [5, 5.41) is 13.1. The number of rotatable bonds is 2. The fraction of sp³-hybridized carbons (Fsp3) is 0.200. The van der Waals surface area contributed by atoms with Crippen molar-refractivity contribution in [2.75, 3.05) is 6.54 Å². The van der Waals surface area contributed by atoms with Crippen LogP contribution in [0.1, 0.15) is 5.82 Å². The van der Waals surface area contributed by atoms with Gasteiger partial charge in [-0.3, -0.25) is 9.67 Å². The molecule has 3 heterocycles. The van der Waals surface area contributed by atoms with Gasteiger partial charge in [0.15, 0.2) is 11.6 Å². The van der Waals surface area contributed by atoms with E-state index in [0.29, 0.717) is 0 Å². The third kappa shape index (κ3) is 1.96. The number of benzene rings is 1. The van der Waals surface area contributed by atoms with Gasteiger partial charge in [0.2, 0.25) is 0 Å². The number of aryl methyl sites for hydroxylation is 1. The van der Waals surface area contributed by atoms with Crippen LogP contribution in [0.2, 0.25) is 0 Å². The second kappa shape index (κ2) is 4.66. The van der Waals surface area contributed by atoms with Crippen LogP contribution >= 0.6 is 0 Å². The van der Waals surface area contributed by atoms with Gasteiger partial charge in [-0.05, 0) is 6.07 Å². The molecule has 1 aromatic carbocycles. The number of nitrogens with zero attached hydrogens (tertiary/aromatic N) is 6. The summed E-state index contributed by atoms with van der Waals surface area (Å²) in [7, 11) is 1.93. The van der Waals surface area contributed by atoms with Gasteiger partial charge in [0.1, 0.15) is 5.69 Å². The molecule has 3 aromatic rings. The predicted octanol–water partition coefficient (Wildman–Crippen LogP) is 1.78. The minimum Gasteiger partial charge on any atom is -0.303 e. The number of fused-ring (bicyclic) bond motifs is 1. The minimum absolute atomic E-state index is 0.765. The Hall–Kier alpha value is -2.76. The van der Waals surface area contributed by atoms with Crippen molar-refractivity contribution in [3.05, 3.63) is 42.2 Å². The van der Waals surface area contributed by atoms with Gasteiger partial charge in [0, 0.05) is 19.2 Å². The van der Waals surface area contributed by atoms with E-state index in [-0.39, 0.29) is 0 Å². The van der Waals surface area contributed by atoms with Crippen LogP contribution in [0, 0.1) is 0 Å². The lowest BCUT2D eigenvalue weighted by Crippen LogP contribution is -2.13. The molecule has 1 aliphatic rings. The van der Waals surface area contributed by atoms with Crippen LogP contribution < -0.4 is 0 Å². The largest absolute Gasteiger partial charge is 0.303 e. The summed E-state index contributed by atoms with van der Waals surface area (Å²) in [6, 6.07) is 12.2. The zero-order valence-electron chi connectivity index (χ0n) is 11.6. The minimum atomic E-state index is 0.765. The second-order valence-electron chi connectivity index (χ2n) is 4.97. The Morgan fingerprint density at radius 3 is 2.81 bits per heavy atom. The van der Waals surface area contributed by atoms with Crippen molar-refractivity contribution in [2.45, 2.75) is 6.54 Å². The molecule has 6 heteroatoms. The van der Waals surface area contributed by atoms with E-state index in [1.165, 1.54) is 0 Å². The van der Waals surface area contributed by atoms with Gasteiger partial charge in [-0.2, -0.15) is 5.10 Å². The summed E-state index contributed by atoms with van der Waals surface area (Å²) < 4.78 is 3.93. The van der Waals surface area contributed by atoms with E-state index in [1.54, 1.807) is 6.21 Å². The molecule has 0 saturated carbocycles. The van der Waals surface area contributed by atoms with Crippen molar-refractivity contribution in [1.82, 2.24) is 24.5 Å². The zero-order chi connectivity index (χ0) is 14.2. The van der Waals surface area contributed by atoms with Crippen LogP contribution in [0.25, 0.3) is 22.8 Å². The van der Waals surface area contributed by atoms with E-state index in [2.05, 4.69) is 43.1 Å². The van der Waals surface area contributed by atoms with Crippen molar-refractivity contribution in [3.8, 4) is 22.8 Å². The molecule has 0 radical (unpaired) electrons. The average Bonchev–Trinajstić information content (AvgIpc) is 3.11. The van der Waals surface area contributed by atoms with Gasteiger partial charge in [0.25, 0.3) is 0 Å². The van der Waals surface area contributed by atoms with Crippen LogP contribution in [0.5, 0.6) is 0 Å². The van der Waals surface area contributed by atoms with E-state index in [4.69, 9.17) is 0 Å². The summed E-state index contributed by atoms with van der Waals surface area (Å²) in [5.74, 6) is 1.65. The summed E-state index contributed by atoms with van der Waals surface area (Å²) in [4.78, 5) is 4.23. The highest BCUT2D eigenvalue weighted by molar-refractivity contribution is 5.77. The Morgan fingerprint density at radius 2 is 1.95 bits per heavy atom. The topological polar surface area (TPSA) is 60.9 Å². The van der Waals surface area contributed by atoms with Crippen LogP contribution in [0.4, 0.5) is 0 Å². The molecule has 0 atom stereocenters. The fourth-order valence-corrected chi connectivity index (χ4v) is 2.55. The van der Waals surface area contributed by atoms with Crippen molar-refractivity contribution >= 4 is 6.21 Å². The van der Waals surface area contributed by atoms with Crippen LogP contribution in [-0.2, 0) is 13.6 Å². The van der Waals surface area contributed by atoms with E-state index in [9.17, 15) is 0 Å². The number of aromatic nitrogens is 5. The molecular formula is C15H14N6. The van der Waals surface area contributed by atoms with Crippen molar-refractivity contribution in [3.63, 3.8) is 0 Å². The highest BCUT2D eigenvalue weighted by Gasteiger charge is 2.18. The van der Waals surface area contributed by atoms with E-state index < -0.39 is 0 Å². The summed E-state index contributed by atoms with van der Waals surface area (Å²) >= 11 is 0. The first-order valence-corrected chi connectivity index (χ1v) is 6.86. The molecule has 2 aromatic heterocycles. The standard InChI is InChI=1S/C15H14N6/c1-20-13(9-12(19-20)11-5-3-2-4-6-11)15-18-17-14-10-16-7-8-21(14)15/h2-6,9-10H,7-8H2,1H3. The highest BCUT2D eigenvalue weighted by atomic mass is 15.3. The van der Waals surface area contributed by atoms with Crippen LogP contribution in [-0.4, -0.2) is 37.3 Å². The first-order chi connectivity index (χ1) is 10.3. The lowest BCUT2D eigenvalue weighted by atomic mass is 10.1.